The van der Waals surface area contributed by atoms with Crippen molar-refractivity contribution >= 4 is 11.9 Å². The average Bonchev–Trinajstić information content (AvgIpc) is 2.71. The van der Waals surface area contributed by atoms with Gasteiger partial charge in [-0.2, -0.15) is 0 Å². The number of amides is 1. The summed E-state index contributed by atoms with van der Waals surface area (Å²) in [5.41, 5.74) is 0. The Bertz CT molecular complexity index is 377. The average molecular weight is 249 g/mol. The van der Waals surface area contributed by atoms with Gasteiger partial charge in [0.2, 0.25) is 5.91 Å². The fourth-order valence-corrected chi connectivity index (χ4v) is 2.96. The van der Waals surface area contributed by atoms with Crippen LogP contribution in [0.25, 0.3) is 0 Å². The molecule has 1 aliphatic heterocycles. The SMILES string of the molecule is C#CC1CC(=O)N(CC2CCC(C(=O)O)CC2)C1. The zero-order valence-electron chi connectivity index (χ0n) is 10.5. The molecule has 1 unspecified atom stereocenters. The molecule has 1 atom stereocenters. The van der Waals surface area contributed by atoms with E-state index in [4.69, 9.17) is 11.5 Å². The molecule has 0 radical (unpaired) electrons. The molecule has 2 aliphatic rings. The minimum absolute atomic E-state index is 0.0628. The Kier molecular flexibility index (Phi) is 3.90. The Morgan fingerprint density at radius 3 is 2.56 bits per heavy atom. The lowest BCUT2D eigenvalue weighted by molar-refractivity contribution is -0.143. The molecule has 1 heterocycles. The van der Waals surface area contributed by atoms with E-state index in [1.807, 2.05) is 4.90 Å². The van der Waals surface area contributed by atoms with Crippen molar-refractivity contribution in [3.63, 3.8) is 0 Å². The smallest absolute Gasteiger partial charge is 0.306 e. The van der Waals surface area contributed by atoms with Gasteiger partial charge in [-0.3, -0.25) is 9.59 Å². The van der Waals surface area contributed by atoms with Crippen LogP contribution in [0.15, 0.2) is 0 Å². The summed E-state index contributed by atoms with van der Waals surface area (Å²) in [7, 11) is 0. The third-order valence-electron chi connectivity index (χ3n) is 4.12. The summed E-state index contributed by atoms with van der Waals surface area (Å²) in [6.45, 7) is 1.43. The van der Waals surface area contributed by atoms with E-state index in [1.165, 1.54) is 0 Å². The Labute approximate surface area is 107 Å². The van der Waals surface area contributed by atoms with E-state index >= 15 is 0 Å². The predicted molar refractivity (Wildman–Crippen MR) is 66.6 cm³/mol. The molecular weight excluding hydrogens is 230 g/mol. The highest BCUT2D eigenvalue weighted by Gasteiger charge is 2.32. The molecule has 18 heavy (non-hydrogen) atoms. The minimum Gasteiger partial charge on any atom is -0.481 e. The van der Waals surface area contributed by atoms with Crippen molar-refractivity contribution in [2.45, 2.75) is 32.1 Å². The summed E-state index contributed by atoms with van der Waals surface area (Å²) in [5.74, 6) is 2.43. The monoisotopic (exact) mass is 249 g/mol. The van der Waals surface area contributed by atoms with Gasteiger partial charge in [-0.1, -0.05) is 0 Å². The molecule has 0 aromatic rings. The van der Waals surface area contributed by atoms with E-state index < -0.39 is 5.97 Å². The normalized spacial score (nSPS) is 32.3. The molecule has 0 aromatic heterocycles. The lowest BCUT2D eigenvalue weighted by Gasteiger charge is -2.29. The van der Waals surface area contributed by atoms with Gasteiger partial charge in [0.1, 0.15) is 0 Å². The van der Waals surface area contributed by atoms with E-state index in [2.05, 4.69) is 5.92 Å². The summed E-state index contributed by atoms with van der Waals surface area (Å²) in [4.78, 5) is 24.4. The molecule has 4 heteroatoms. The van der Waals surface area contributed by atoms with Crippen LogP contribution in [-0.2, 0) is 9.59 Å². The van der Waals surface area contributed by atoms with Crippen molar-refractivity contribution in [2.24, 2.45) is 17.8 Å². The first kappa shape index (κ1) is 12.9. The van der Waals surface area contributed by atoms with Crippen molar-refractivity contribution < 1.29 is 14.7 Å². The van der Waals surface area contributed by atoms with Crippen molar-refractivity contribution in [3.05, 3.63) is 0 Å². The summed E-state index contributed by atoms with van der Waals surface area (Å²) in [6.07, 6.45) is 9.10. The number of carbonyl (C=O) groups excluding carboxylic acids is 1. The molecule has 1 aliphatic carbocycles. The molecular formula is C14H19NO3. The Balaban J connectivity index is 1.80. The molecule has 98 valence electrons. The number of carboxylic acid groups (broad SMARTS) is 1. The van der Waals surface area contributed by atoms with Crippen LogP contribution >= 0.6 is 0 Å². The minimum atomic E-state index is -0.682. The van der Waals surface area contributed by atoms with Crippen LogP contribution in [0, 0.1) is 30.1 Å². The first-order valence-corrected chi connectivity index (χ1v) is 6.57. The maximum atomic E-state index is 11.7. The third kappa shape index (κ3) is 2.84. The second kappa shape index (κ2) is 5.43. The maximum Gasteiger partial charge on any atom is 0.306 e. The standard InChI is InChI=1S/C14H19NO3/c1-2-10-7-13(16)15(8-10)9-11-3-5-12(6-4-11)14(17)18/h1,10-12H,3-9H2,(H,17,18). The Morgan fingerprint density at radius 2 is 2.06 bits per heavy atom. The van der Waals surface area contributed by atoms with Crippen LogP contribution in [0.5, 0.6) is 0 Å². The molecule has 0 aromatic carbocycles. The summed E-state index contributed by atoms with van der Waals surface area (Å²) in [5, 5.41) is 8.93. The molecule has 0 bridgehead atoms. The maximum absolute atomic E-state index is 11.7. The first-order chi connectivity index (χ1) is 8.60. The molecule has 1 N–H and O–H groups in total. The van der Waals surface area contributed by atoms with Crippen LogP contribution in [0.1, 0.15) is 32.1 Å². The molecule has 1 amide bonds. The summed E-state index contributed by atoms with van der Waals surface area (Å²) in [6, 6.07) is 0. The van der Waals surface area contributed by atoms with E-state index in [-0.39, 0.29) is 17.7 Å². The summed E-state index contributed by atoms with van der Waals surface area (Å²) >= 11 is 0. The lowest BCUT2D eigenvalue weighted by Crippen LogP contribution is -2.33. The van der Waals surface area contributed by atoms with Gasteiger partial charge in [0.15, 0.2) is 0 Å². The molecule has 1 saturated heterocycles. The van der Waals surface area contributed by atoms with Crippen molar-refractivity contribution in [2.75, 3.05) is 13.1 Å². The van der Waals surface area contributed by atoms with Gasteiger partial charge >= 0.3 is 5.97 Å². The number of hydrogen-bond donors (Lipinski definition) is 1. The zero-order valence-corrected chi connectivity index (χ0v) is 10.5. The van der Waals surface area contributed by atoms with Crippen LogP contribution < -0.4 is 0 Å². The second-order valence-corrected chi connectivity index (χ2v) is 5.42. The fraction of sp³-hybridized carbons (Fsp3) is 0.714. The van der Waals surface area contributed by atoms with Gasteiger partial charge in [0.25, 0.3) is 0 Å². The van der Waals surface area contributed by atoms with Crippen LogP contribution in [0.4, 0.5) is 0 Å². The predicted octanol–water partition coefficient (Wildman–Crippen LogP) is 1.36. The van der Waals surface area contributed by atoms with Gasteiger partial charge in [-0.15, -0.1) is 12.3 Å². The van der Waals surface area contributed by atoms with Crippen molar-refractivity contribution in [1.82, 2.24) is 4.90 Å². The highest BCUT2D eigenvalue weighted by molar-refractivity contribution is 5.79. The molecule has 4 nitrogen and oxygen atoms in total. The molecule has 0 spiro atoms. The lowest BCUT2D eigenvalue weighted by atomic mass is 9.82. The number of likely N-dealkylation sites (tertiary alicyclic amines) is 1. The third-order valence-corrected chi connectivity index (χ3v) is 4.12. The topological polar surface area (TPSA) is 57.6 Å². The first-order valence-electron chi connectivity index (χ1n) is 6.57. The highest BCUT2D eigenvalue weighted by atomic mass is 16.4. The zero-order chi connectivity index (χ0) is 13.1. The molecule has 2 rings (SSSR count). The number of rotatable bonds is 3. The number of hydrogen-bond acceptors (Lipinski definition) is 2. The van der Waals surface area contributed by atoms with E-state index in [0.717, 1.165) is 32.2 Å². The number of terminal acetylenes is 1. The van der Waals surface area contributed by atoms with E-state index in [1.54, 1.807) is 0 Å². The van der Waals surface area contributed by atoms with Gasteiger partial charge in [0, 0.05) is 25.4 Å². The van der Waals surface area contributed by atoms with Crippen LogP contribution in [0.3, 0.4) is 0 Å². The fourth-order valence-electron chi connectivity index (χ4n) is 2.96. The van der Waals surface area contributed by atoms with E-state index in [0.29, 0.717) is 18.9 Å². The van der Waals surface area contributed by atoms with Gasteiger partial charge in [0.05, 0.1) is 5.92 Å². The number of nitrogens with zero attached hydrogens (tertiary/aromatic N) is 1. The molecule has 1 saturated carbocycles. The van der Waals surface area contributed by atoms with Gasteiger partial charge in [-0.25, -0.2) is 0 Å². The Morgan fingerprint density at radius 1 is 1.39 bits per heavy atom. The number of carboxylic acids is 1. The largest absolute Gasteiger partial charge is 0.481 e. The van der Waals surface area contributed by atoms with E-state index in [9.17, 15) is 9.59 Å². The van der Waals surface area contributed by atoms with Gasteiger partial charge in [-0.05, 0) is 31.6 Å². The second-order valence-electron chi connectivity index (χ2n) is 5.42. The summed E-state index contributed by atoms with van der Waals surface area (Å²) < 4.78 is 0. The number of aliphatic carboxylic acids is 1. The quantitative estimate of drug-likeness (QED) is 0.768. The number of carbonyl (C=O) groups is 2. The Hall–Kier alpha value is -1.50. The van der Waals surface area contributed by atoms with Crippen LogP contribution in [0.2, 0.25) is 0 Å². The van der Waals surface area contributed by atoms with Crippen molar-refractivity contribution in [3.8, 4) is 12.3 Å². The van der Waals surface area contributed by atoms with Gasteiger partial charge < -0.3 is 10.0 Å². The highest BCUT2D eigenvalue weighted by Crippen LogP contribution is 2.30. The van der Waals surface area contributed by atoms with Crippen molar-refractivity contribution in [1.29, 1.82) is 0 Å². The molecule has 2 fully saturated rings. The van der Waals surface area contributed by atoms with Crippen LogP contribution in [-0.4, -0.2) is 35.0 Å².